The molecule has 2 heterocycles. The summed E-state index contributed by atoms with van der Waals surface area (Å²) in [4.78, 5) is 6.81. The first-order valence-electron chi connectivity index (χ1n) is 7.94. The first-order valence-corrected chi connectivity index (χ1v) is 7.94. The predicted molar refractivity (Wildman–Crippen MR) is 84.1 cm³/mol. The number of imidazole rings is 1. The van der Waals surface area contributed by atoms with Crippen LogP contribution in [-0.4, -0.2) is 47.2 Å². The lowest BCUT2D eigenvalue weighted by Gasteiger charge is -2.34. The third-order valence-electron chi connectivity index (χ3n) is 4.83. The molecule has 1 N–H and O–H groups in total. The molecule has 0 aliphatic carbocycles. The van der Waals surface area contributed by atoms with Gasteiger partial charge in [-0.2, -0.15) is 0 Å². The molecule has 1 aromatic rings. The zero-order valence-electron chi connectivity index (χ0n) is 13.5. The minimum absolute atomic E-state index is 0.297. The largest absolute Gasteiger partial charge is 0.334 e. The molecular formula is C16H30N4. The smallest absolute Gasteiger partial charge is 0.0948 e. The molecule has 2 rings (SSSR count). The maximum Gasteiger partial charge on any atom is 0.0948 e. The lowest BCUT2D eigenvalue weighted by molar-refractivity contribution is 0.262. The molecule has 0 bridgehead atoms. The van der Waals surface area contributed by atoms with E-state index in [1.807, 2.05) is 6.33 Å². The van der Waals surface area contributed by atoms with Crippen molar-refractivity contribution in [2.24, 2.45) is 0 Å². The molecule has 114 valence electrons. The number of aryl methyl sites for hydroxylation is 1. The topological polar surface area (TPSA) is 33.1 Å². The number of piperidine rings is 1. The van der Waals surface area contributed by atoms with Crippen LogP contribution in [0.1, 0.15) is 45.7 Å². The van der Waals surface area contributed by atoms with E-state index in [4.69, 9.17) is 0 Å². The van der Waals surface area contributed by atoms with Crippen LogP contribution in [0.15, 0.2) is 12.5 Å². The van der Waals surface area contributed by atoms with Crippen molar-refractivity contribution in [2.75, 3.05) is 26.7 Å². The van der Waals surface area contributed by atoms with E-state index in [1.54, 1.807) is 0 Å². The summed E-state index contributed by atoms with van der Waals surface area (Å²) < 4.78 is 2.37. The van der Waals surface area contributed by atoms with Gasteiger partial charge in [-0.15, -0.1) is 0 Å². The lowest BCUT2D eigenvalue weighted by Crippen LogP contribution is -2.39. The van der Waals surface area contributed by atoms with Crippen molar-refractivity contribution in [1.82, 2.24) is 19.8 Å². The summed E-state index contributed by atoms with van der Waals surface area (Å²) >= 11 is 0. The molecule has 4 nitrogen and oxygen atoms in total. The summed E-state index contributed by atoms with van der Waals surface area (Å²) in [7, 11) is 2.20. The number of nitrogens with zero attached hydrogens (tertiary/aromatic N) is 3. The zero-order chi connectivity index (χ0) is 14.6. The summed E-state index contributed by atoms with van der Waals surface area (Å²) in [5, 5.41) is 3.46. The Bertz CT molecular complexity index is 404. The zero-order valence-corrected chi connectivity index (χ0v) is 13.5. The van der Waals surface area contributed by atoms with Crippen LogP contribution in [0.25, 0.3) is 0 Å². The van der Waals surface area contributed by atoms with E-state index in [-0.39, 0.29) is 0 Å². The van der Waals surface area contributed by atoms with Crippen molar-refractivity contribution < 1.29 is 0 Å². The van der Waals surface area contributed by atoms with Gasteiger partial charge in [-0.05, 0) is 59.8 Å². The first-order chi connectivity index (χ1) is 9.53. The van der Waals surface area contributed by atoms with Crippen LogP contribution in [0, 0.1) is 0 Å². The molecule has 1 aromatic heterocycles. The maximum atomic E-state index is 4.40. The molecule has 20 heavy (non-hydrogen) atoms. The summed E-state index contributed by atoms with van der Waals surface area (Å²) in [5.41, 5.74) is 1.72. The van der Waals surface area contributed by atoms with E-state index in [1.165, 1.54) is 25.0 Å². The van der Waals surface area contributed by atoms with Gasteiger partial charge in [-0.25, -0.2) is 4.98 Å². The van der Waals surface area contributed by atoms with Gasteiger partial charge < -0.3 is 14.8 Å². The average molecular weight is 278 g/mol. The molecular weight excluding hydrogens is 248 g/mol. The summed E-state index contributed by atoms with van der Waals surface area (Å²) in [5.74, 6) is 0. The fourth-order valence-electron chi connectivity index (χ4n) is 2.98. The van der Waals surface area contributed by atoms with Gasteiger partial charge >= 0.3 is 0 Å². The number of nitrogens with one attached hydrogen (secondary N) is 1. The molecule has 0 amide bonds. The highest BCUT2D eigenvalue weighted by Crippen LogP contribution is 2.32. The van der Waals surface area contributed by atoms with E-state index < -0.39 is 0 Å². The van der Waals surface area contributed by atoms with Crippen molar-refractivity contribution in [1.29, 1.82) is 0 Å². The van der Waals surface area contributed by atoms with E-state index in [9.17, 15) is 0 Å². The van der Waals surface area contributed by atoms with Gasteiger partial charge in [0.15, 0.2) is 0 Å². The molecule has 1 saturated heterocycles. The second-order valence-corrected chi connectivity index (χ2v) is 6.71. The molecule has 0 aromatic carbocycles. The van der Waals surface area contributed by atoms with Gasteiger partial charge in [0.05, 0.1) is 6.33 Å². The Labute approximate surface area is 123 Å². The first kappa shape index (κ1) is 15.5. The normalized spacial score (nSPS) is 18.9. The summed E-state index contributed by atoms with van der Waals surface area (Å²) in [6.45, 7) is 11.4. The van der Waals surface area contributed by atoms with Crippen LogP contribution in [0.3, 0.4) is 0 Å². The SMILES string of the molecule is CC(C)N(C)CCCn1cncc1C1(C)CCNCC1. The van der Waals surface area contributed by atoms with E-state index >= 15 is 0 Å². The molecule has 4 heteroatoms. The standard InChI is InChI=1S/C16H30N4/c1-14(2)19(4)10-5-11-20-13-18-12-15(20)16(3)6-8-17-9-7-16/h12-14,17H,5-11H2,1-4H3. The van der Waals surface area contributed by atoms with Crippen molar-refractivity contribution in [3.8, 4) is 0 Å². The molecule has 0 unspecified atom stereocenters. The number of aromatic nitrogens is 2. The number of hydrogen-bond acceptors (Lipinski definition) is 3. The van der Waals surface area contributed by atoms with Gasteiger partial charge in [-0.1, -0.05) is 6.92 Å². The van der Waals surface area contributed by atoms with Gasteiger partial charge in [0.1, 0.15) is 0 Å². The van der Waals surface area contributed by atoms with Crippen LogP contribution in [0.5, 0.6) is 0 Å². The Morgan fingerprint density at radius 2 is 2.10 bits per heavy atom. The molecule has 1 aliphatic rings. The van der Waals surface area contributed by atoms with Crippen molar-refractivity contribution in [3.05, 3.63) is 18.2 Å². The van der Waals surface area contributed by atoms with E-state index in [0.717, 1.165) is 26.2 Å². The monoisotopic (exact) mass is 278 g/mol. The Hall–Kier alpha value is -0.870. The van der Waals surface area contributed by atoms with Crippen molar-refractivity contribution >= 4 is 0 Å². The average Bonchev–Trinajstić information content (AvgIpc) is 2.88. The lowest BCUT2D eigenvalue weighted by atomic mass is 9.78. The fourth-order valence-corrected chi connectivity index (χ4v) is 2.98. The highest BCUT2D eigenvalue weighted by atomic mass is 15.1. The molecule has 1 fully saturated rings. The molecule has 0 radical (unpaired) electrons. The van der Waals surface area contributed by atoms with Gasteiger partial charge in [0.2, 0.25) is 0 Å². The van der Waals surface area contributed by atoms with E-state index in [0.29, 0.717) is 11.5 Å². The Morgan fingerprint density at radius 3 is 2.75 bits per heavy atom. The summed E-state index contributed by atoms with van der Waals surface area (Å²) in [6.07, 6.45) is 7.71. The van der Waals surface area contributed by atoms with E-state index in [2.05, 4.69) is 53.8 Å². The summed E-state index contributed by atoms with van der Waals surface area (Å²) in [6, 6.07) is 0.624. The minimum atomic E-state index is 0.297. The van der Waals surface area contributed by atoms with Crippen molar-refractivity contribution in [3.63, 3.8) is 0 Å². The molecule has 0 atom stereocenters. The van der Waals surface area contributed by atoms with Gasteiger partial charge in [0, 0.05) is 29.9 Å². The predicted octanol–water partition coefficient (Wildman–Crippen LogP) is 2.25. The van der Waals surface area contributed by atoms with Crippen LogP contribution in [0.2, 0.25) is 0 Å². The maximum absolute atomic E-state index is 4.40. The third kappa shape index (κ3) is 3.61. The Kier molecular flexibility index (Phi) is 5.22. The van der Waals surface area contributed by atoms with Crippen LogP contribution >= 0.6 is 0 Å². The molecule has 0 saturated carbocycles. The Morgan fingerprint density at radius 1 is 1.40 bits per heavy atom. The van der Waals surface area contributed by atoms with Crippen LogP contribution in [0.4, 0.5) is 0 Å². The minimum Gasteiger partial charge on any atom is -0.334 e. The number of rotatable bonds is 6. The van der Waals surface area contributed by atoms with Crippen molar-refractivity contribution in [2.45, 2.75) is 58.0 Å². The third-order valence-corrected chi connectivity index (χ3v) is 4.83. The molecule has 0 spiro atoms. The molecule has 1 aliphatic heterocycles. The van der Waals surface area contributed by atoms with Gasteiger partial charge in [-0.3, -0.25) is 0 Å². The fraction of sp³-hybridized carbons (Fsp3) is 0.812. The second-order valence-electron chi connectivity index (χ2n) is 6.71. The van der Waals surface area contributed by atoms with Crippen LogP contribution < -0.4 is 5.32 Å². The highest BCUT2D eigenvalue weighted by Gasteiger charge is 2.31. The number of hydrogen-bond donors (Lipinski definition) is 1. The quantitative estimate of drug-likeness (QED) is 0.866. The van der Waals surface area contributed by atoms with Gasteiger partial charge in [0.25, 0.3) is 0 Å². The second kappa shape index (κ2) is 6.72. The highest BCUT2D eigenvalue weighted by molar-refractivity contribution is 5.15. The van der Waals surface area contributed by atoms with Crippen LogP contribution in [-0.2, 0) is 12.0 Å². The Balaban J connectivity index is 1.95.